The van der Waals surface area contributed by atoms with Crippen molar-refractivity contribution in [2.45, 2.75) is 30.6 Å². The van der Waals surface area contributed by atoms with Gasteiger partial charge in [-0.15, -0.1) is 0 Å². The maximum atomic E-state index is 13.2. The number of hydrogen-bond donors (Lipinski definition) is 0. The largest absolute Gasteiger partial charge is 0.496 e. The molecule has 194 valence electrons. The van der Waals surface area contributed by atoms with Gasteiger partial charge in [-0.1, -0.05) is 23.4 Å². The van der Waals surface area contributed by atoms with Crippen LogP contribution in [0.2, 0.25) is 0 Å². The topological polar surface area (TPSA) is 106 Å². The molecule has 1 aromatic heterocycles. The number of ether oxygens (including phenoxy) is 1. The number of amides is 1. The number of likely N-dealkylation sites (tertiary alicyclic amines) is 1. The minimum atomic E-state index is -3.65. The van der Waals surface area contributed by atoms with Gasteiger partial charge in [0.1, 0.15) is 5.75 Å². The second-order valence-electron chi connectivity index (χ2n) is 9.27. The second-order valence-corrected chi connectivity index (χ2v) is 11.2. The molecular weight excluding hydrogens is 492 g/mol. The monoisotopic (exact) mass is 522 g/mol. The van der Waals surface area contributed by atoms with Crippen LogP contribution < -0.4 is 4.74 Å². The lowest BCUT2D eigenvalue weighted by Gasteiger charge is -2.32. The van der Waals surface area contributed by atoms with Crippen molar-refractivity contribution in [1.29, 1.82) is 0 Å². The van der Waals surface area contributed by atoms with Gasteiger partial charge in [-0.2, -0.15) is 9.29 Å². The van der Waals surface area contributed by atoms with Crippen LogP contribution in [0.15, 0.2) is 57.9 Å². The van der Waals surface area contributed by atoms with Gasteiger partial charge in [0, 0.05) is 49.3 Å². The molecule has 2 saturated heterocycles. The minimum absolute atomic E-state index is 0.0867. The van der Waals surface area contributed by atoms with Crippen LogP contribution in [0.25, 0.3) is 23.5 Å². The average molecular weight is 523 g/mol. The molecule has 0 saturated carbocycles. The molecule has 0 radical (unpaired) electrons. The number of sulfonamides is 1. The zero-order chi connectivity index (χ0) is 25.8. The van der Waals surface area contributed by atoms with E-state index < -0.39 is 10.0 Å². The Bertz CT molecular complexity index is 1370. The molecule has 0 bridgehead atoms. The first-order valence-corrected chi connectivity index (χ1v) is 13.9. The summed E-state index contributed by atoms with van der Waals surface area (Å²) in [7, 11) is -2.04. The van der Waals surface area contributed by atoms with E-state index >= 15 is 0 Å². The van der Waals surface area contributed by atoms with Gasteiger partial charge in [0.15, 0.2) is 0 Å². The molecule has 10 heteroatoms. The predicted octanol–water partition coefficient (Wildman–Crippen LogP) is 3.94. The van der Waals surface area contributed by atoms with E-state index in [1.165, 1.54) is 4.31 Å². The Balaban J connectivity index is 1.22. The number of carbonyl (C=O) groups excluding carboxylic acids is 1. The van der Waals surface area contributed by atoms with E-state index in [9.17, 15) is 13.2 Å². The minimum Gasteiger partial charge on any atom is -0.496 e. The molecule has 0 atom stereocenters. The standard InChI is InChI=1S/C27H30N4O5S/c1-35-24-7-3-2-6-20(24)10-13-25-28-26(29-36-25)21-8-11-23(12-9-21)37(33,34)31-18-14-22(15-19-31)27(32)30-16-4-5-17-30/h2-3,6-13,22H,4-5,14-19H2,1H3. The van der Waals surface area contributed by atoms with Crippen LogP contribution in [0.3, 0.4) is 0 Å². The van der Waals surface area contributed by atoms with Crippen LogP contribution in [0.5, 0.6) is 5.75 Å². The van der Waals surface area contributed by atoms with Gasteiger partial charge in [-0.05, 0) is 62.1 Å². The summed E-state index contributed by atoms with van der Waals surface area (Å²) in [5.41, 5.74) is 1.53. The Kier molecular flexibility index (Phi) is 7.38. The second kappa shape index (κ2) is 10.9. The van der Waals surface area contributed by atoms with Crippen molar-refractivity contribution in [3.05, 3.63) is 60.0 Å². The molecule has 2 aliphatic heterocycles. The maximum absolute atomic E-state index is 13.2. The molecule has 3 heterocycles. The van der Waals surface area contributed by atoms with Crippen LogP contribution in [-0.4, -0.2) is 67.0 Å². The zero-order valence-electron chi connectivity index (χ0n) is 20.7. The van der Waals surface area contributed by atoms with Crippen molar-refractivity contribution >= 4 is 28.1 Å². The predicted molar refractivity (Wildman–Crippen MR) is 139 cm³/mol. The van der Waals surface area contributed by atoms with E-state index in [1.54, 1.807) is 37.5 Å². The molecule has 3 aromatic rings. The lowest BCUT2D eigenvalue weighted by Crippen LogP contribution is -2.43. The van der Waals surface area contributed by atoms with E-state index in [4.69, 9.17) is 9.26 Å². The molecule has 0 spiro atoms. The number of carbonyl (C=O) groups is 1. The summed E-state index contributed by atoms with van der Waals surface area (Å²) in [6.07, 6.45) is 6.75. The van der Waals surface area contributed by atoms with Crippen LogP contribution in [0.4, 0.5) is 0 Å². The van der Waals surface area contributed by atoms with Gasteiger partial charge >= 0.3 is 0 Å². The van der Waals surface area contributed by atoms with Gasteiger partial charge in [-0.3, -0.25) is 4.79 Å². The number of benzene rings is 2. The highest BCUT2D eigenvalue weighted by molar-refractivity contribution is 7.89. The third-order valence-corrected chi connectivity index (χ3v) is 8.87. The summed E-state index contributed by atoms with van der Waals surface area (Å²) in [5, 5.41) is 4.02. The molecule has 0 aliphatic carbocycles. The Morgan fingerprint density at radius 3 is 2.41 bits per heavy atom. The highest BCUT2D eigenvalue weighted by Crippen LogP contribution is 2.28. The normalized spacial score (nSPS) is 17.5. The summed E-state index contributed by atoms with van der Waals surface area (Å²) in [6, 6.07) is 14.1. The fourth-order valence-corrected chi connectivity index (χ4v) is 6.32. The van der Waals surface area contributed by atoms with Gasteiger partial charge in [0.25, 0.3) is 5.89 Å². The van der Waals surface area contributed by atoms with E-state index in [1.807, 2.05) is 35.2 Å². The number of hydrogen-bond acceptors (Lipinski definition) is 7. The number of para-hydroxylation sites is 1. The van der Waals surface area contributed by atoms with Gasteiger partial charge in [0.05, 0.1) is 12.0 Å². The highest BCUT2D eigenvalue weighted by Gasteiger charge is 2.34. The quantitative estimate of drug-likeness (QED) is 0.463. The Morgan fingerprint density at radius 1 is 1.00 bits per heavy atom. The number of piperidine rings is 1. The van der Waals surface area contributed by atoms with Gasteiger partial charge in [0.2, 0.25) is 21.8 Å². The zero-order valence-corrected chi connectivity index (χ0v) is 21.6. The molecule has 2 aliphatic rings. The van der Waals surface area contributed by atoms with Crippen molar-refractivity contribution in [2.75, 3.05) is 33.3 Å². The molecule has 2 aromatic carbocycles. The van der Waals surface area contributed by atoms with Gasteiger partial charge in [-0.25, -0.2) is 8.42 Å². The van der Waals surface area contributed by atoms with Gasteiger partial charge < -0.3 is 14.2 Å². The fraction of sp³-hybridized carbons (Fsp3) is 0.370. The van der Waals surface area contributed by atoms with E-state index in [2.05, 4.69) is 10.1 Å². The van der Waals surface area contributed by atoms with Crippen LogP contribution in [-0.2, 0) is 14.8 Å². The summed E-state index contributed by atoms with van der Waals surface area (Å²) >= 11 is 0. The number of methoxy groups -OCH3 is 1. The number of rotatable bonds is 7. The fourth-order valence-electron chi connectivity index (χ4n) is 4.85. The Morgan fingerprint density at radius 2 is 1.70 bits per heavy atom. The SMILES string of the molecule is COc1ccccc1C=Cc1nc(-c2ccc(S(=O)(=O)N3CCC(C(=O)N4CCCC4)CC3)cc2)no1. The molecule has 2 fully saturated rings. The first-order chi connectivity index (χ1) is 18.0. The van der Waals surface area contributed by atoms with E-state index in [0.29, 0.717) is 43.2 Å². The molecular formula is C27H30N4O5S. The molecule has 37 heavy (non-hydrogen) atoms. The lowest BCUT2D eigenvalue weighted by molar-refractivity contribution is -0.135. The number of nitrogens with zero attached hydrogens (tertiary/aromatic N) is 4. The summed E-state index contributed by atoms with van der Waals surface area (Å²) in [5.74, 6) is 1.51. The highest BCUT2D eigenvalue weighted by atomic mass is 32.2. The van der Waals surface area contributed by atoms with Crippen molar-refractivity contribution in [3.63, 3.8) is 0 Å². The summed E-state index contributed by atoms with van der Waals surface area (Å²) in [6.45, 7) is 2.34. The third-order valence-electron chi connectivity index (χ3n) is 6.96. The van der Waals surface area contributed by atoms with Crippen LogP contribution in [0.1, 0.15) is 37.1 Å². The Hall–Kier alpha value is -3.50. The summed E-state index contributed by atoms with van der Waals surface area (Å²) < 4.78 is 38.6. The van der Waals surface area contributed by atoms with Crippen molar-refractivity contribution in [2.24, 2.45) is 5.92 Å². The smallest absolute Gasteiger partial charge is 0.250 e. The molecule has 0 N–H and O–H groups in total. The van der Waals surface area contributed by atoms with Crippen molar-refractivity contribution in [1.82, 2.24) is 19.3 Å². The average Bonchev–Trinajstić information content (AvgIpc) is 3.65. The van der Waals surface area contributed by atoms with Crippen LogP contribution in [0, 0.1) is 5.92 Å². The molecule has 9 nitrogen and oxygen atoms in total. The van der Waals surface area contributed by atoms with Crippen molar-refractivity contribution in [3.8, 4) is 17.1 Å². The lowest BCUT2D eigenvalue weighted by atomic mass is 9.97. The van der Waals surface area contributed by atoms with Crippen LogP contribution >= 0.6 is 0 Å². The van der Waals surface area contributed by atoms with E-state index in [-0.39, 0.29) is 16.7 Å². The third kappa shape index (κ3) is 5.45. The summed E-state index contributed by atoms with van der Waals surface area (Å²) in [4.78, 5) is 19.2. The molecule has 5 rings (SSSR count). The molecule has 1 amide bonds. The number of aromatic nitrogens is 2. The molecule has 0 unspecified atom stereocenters. The first-order valence-electron chi connectivity index (χ1n) is 12.5. The van der Waals surface area contributed by atoms with E-state index in [0.717, 1.165) is 37.2 Å². The van der Waals surface area contributed by atoms with Crippen molar-refractivity contribution < 1.29 is 22.5 Å². The first kappa shape index (κ1) is 25.2. The maximum Gasteiger partial charge on any atom is 0.250 e. The Labute approximate surface area is 216 Å².